The summed E-state index contributed by atoms with van der Waals surface area (Å²) in [6, 6.07) is 30.2. The van der Waals surface area contributed by atoms with Crippen LogP contribution in [0.15, 0.2) is 97.1 Å². The molecule has 1 aliphatic heterocycles. The van der Waals surface area contributed by atoms with Crippen molar-refractivity contribution in [3.05, 3.63) is 119 Å². The number of carbonyl (C=O) groups excluding carboxylic acids is 4. The van der Waals surface area contributed by atoms with Gasteiger partial charge in [0.15, 0.2) is 0 Å². The van der Waals surface area contributed by atoms with Crippen molar-refractivity contribution in [2.75, 3.05) is 44.4 Å². The Hall–Kier alpha value is -5.74. The van der Waals surface area contributed by atoms with Crippen LogP contribution < -0.4 is 10.6 Å². The van der Waals surface area contributed by atoms with Crippen LogP contribution in [0.1, 0.15) is 54.5 Å². The first-order valence-electron chi connectivity index (χ1n) is 18.9. The summed E-state index contributed by atoms with van der Waals surface area (Å²) >= 11 is 0. The summed E-state index contributed by atoms with van der Waals surface area (Å²) in [5, 5.41) is 7.20. The fraction of sp³-hybridized carbons (Fsp3) is 0.318. The summed E-state index contributed by atoms with van der Waals surface area (Å²) in [4.78, 5) is 62.6. The van der Waals surface area contributed by atoms with E-state index in [1.54, 1.807) is 9.80 Å². The monoisotopic (exact) mass is 724 g/mol. The zero-order valence-corrected chi connectivity index (χ0v) is 31.2. The Kier molecular flexibility index (Phi) is 10.9. The minimum absolute atomic E-state index is 0.000997. The molecule has 4 amide bonds. The normalized spacial score (nSPS) is 15.4. The molecule has 54 heavy (non-hydrogen) atoms. The van der Waals surface area contributed by atoms with Crippen LogP contribution in [-0.2, 0) is 38.4 Å². The fourth-order valence-corrected chi connectivity index (χ4v) is 8.00. The molecular weight excluding hydrogens is 677 g/mol. The molecule has 0 radical (unpaired) electrons. The Morgan fingerprint density at radius 3 is 2.33 bits per heavy atom. The van der Waals surface area contributed by atoms with Crippen LogP contribution >= 0.6 is 0 Å². The van der Waals surface area contributed by atoms with E-state index in [0.717, 1.165) is 64.5 Å². The highest BCUT2D eigenvalue weighted by Crippen LogP contribution is 2.39. The lowest BCUT2D eigenvalue weighted by molar-refractivity contribution is -0.140. The average Bonchev–Trinajstić information content (AvgIpc) is 3.81. The van der Waals surface area contributed by atoms with Gasteiger partial charge in [0.25, 0.3) is 0 Å². The number of H-pyrrole nitrogens is 1. The number of carbonyl (C=O) groups is 4. The fourth-order valence-electron chi connectivity index (χ4n) is 8.00. The molecule has 1 saturated heterocycles. The van der Waals surface area contributed by atoms with Gasteiger partial charge in [-0.3, -0.25) is 24.1 Å². The molecule has 4 aromatic carbocycles. The first-order valence-corrected chi connectivity index (χ1v) is 18.9. The van der Waals surface area contributed by atoms with E-state index in [0.29, 0.717) is 30.9 Å². The van der Waals surface area contributed by atoms with E-state index < -0.39 is 12.1 Å². The molecule has 1 aromatic heterocycles. The number of aromatic nitrogens is 1. The van der Waals surface area contributed by atoms with Gasteiger partial charge in [-0.2, -0.15) is 0 Å². The molecule has 0 saturated carbocycles. The molecule has 0 spiro atoms. The van der Waals surface area contributed by atoms with Gasteiger partial charge in [-0.05, 0) is 98.8 Å². The van der Waals surface area contributed by atoms with E-state index in [1.165, 1.54) is 5.56 Å². The highest BCUT2D eigenvalue weighted by Gasteiger charge is 2.38. The topological polar surface area (TPSA) is 118 Å². The number of amides is 4. The Labute approximate surface area is 316 Å². The summed E-state index contributed by atoms with van der Waals surface area (Å²) in [5.74, 6) is -0.521. The third-order valence-electron chi connectivity index (χ3n) is 10.6. The minimum atomic E-state index is -0.537. The van der Waals surface area contributed by atoms with Gasteiger partial charge in [0.2, 0.25) is 23.6 Å². The maximum Gasteiger partial charge on any atom is 0.247 e. The van der Waals surface area contributed by atoms with Gasteiger partial charge in [-0.15, -0.1) is 0 Å². The number of aryl methyl sites for hydroxylation is 2. The number of aromatic amines is 1. The largest absolute Gasteiger partial charge is 0.354 e. The number of nitrogens with zero attached hydrogens (tertiary/aromatic N) is 3. The molecule has 3 N–H and O–H groups in total. The molecule has 2 heterocycles. The Morgan fingerprint density at radius 2 is 1.59 bits per heavy atom. The van der Waals surface area contributed by atoms with Crippen molar-refractivity contribution in [2.24, 2.45) is 0 Å². The number of anilines is 2. The molecule has 10 heteroatoms. The predicted octanol–water partition coefficient (Wildman–Crippen LogP) is 6.59. The molecule has 0 bridgehead atoms. The molecule has 278 valence electrons. The van der Waals surface area contributed by atoms with Crippen LogP contribution in [0.5, 0.6) is 0 Å². The van der Waals surface area contributed by atoms with Crippen molar-refractivity contribution in [1.29, 1.82) is 0 Å². The molecule has 10 nitrogen and oxygen atoms in total. The smallest absolute Gasteiger partial charge is 0.247 e. The zero-order chi connectivity index (χ0) is 37.8. The van der Waals surface area contributed by atoms with Gasteiger partial charge in [0.05, 0.1) is 13.0 Å². The van der Waals surface area contributed by atoms with E-state index in [-0.39, 0.29) is 36.6 Å². The lowest BCUT2D eigenvalue weighted by atomic mass is 9.88. The third-order valence-corrected chi connectivity index (χ3v) is 10.6. The number of likely N-dealkylation sites (N-methyl/N-ethyl adjacent to an activating group) is 1. The van der Waals surface area contributed by atoms with Crippen molar-refractivity contribution < 1.29 is 19.2 Å². The summed E-state index contributed by atoms with van der Waals surface area (Å²) < 4.78 is 0. The molecular formula is C44H48N6O4. The van der Waals surface area contributed by atoms with Crippen molar-refractivity contribution in [3.63, 3.8) is 0 Å². The van der Waals surface area contributed by atoms with Crippen molar-refractivity contribution in [1.82, 2.24) is 19.7 Å². The Bertz CT molecular complexity index is 2160. The molecule has 0 unspecified atom stereocenters. The van der Waals surface area contributed by atoms with E-state index in [4.69, 9.17) is 0 Å². The maximum absolute atomic E-state index is 13.8. The summed E-state index contributed by atoms with van der Waals surface area (Å²) in [6.45, 7) is 3.07. The van der Waals surface area contributed by atoms with Crippen LogP contribution in [0.2, 0.25) is 0 Å². The Balaban J connectivity index is 1.02. The molecule has 2 atom stereocenters. The second kappa shape index (κ2) is 16.1. The minimum Gasteiger partial charge on any atom is -0.354 e. The van der Waals surface area contributed by atoms with E-state index in [9.17, 15) is 19.2 Å². The summed E-state index contributed by atoms with van der Waals surface area (Å²) in [7, 11) is 3.79. The van der Waals surface area contributed by atoms with Gasteiger partial charge in [-0.25, -0.2) is 0 Å². The number of hydrogen-bond donors (Lipinski definition) is 3. The van der Waals surface area contributed by atoms with Crippen LogP contribution in [0, 0.1) is 0 Å². The van der Waals surface area contributed by atoms with Crippen molar-refractivity contribution in [3.8, 4) is 11.3 Å². The summed E-state index contributed by atoms with van der Waals surface area (Å²) in [5.41, 5.74) is 8.65. The molecule has 1 aliphatic carbocycles. The molecule has 1 fully saturated rings. The third kappa shape index (κ3) is 7.79. The number of benzene rings is 4. The standard InChI is InChI=1S/C44H48N6O4/c1-4-23-49(40(52)25-29-12-7-5-8-13-29)28-39(51)45-32-18-21-34-31(26-32)17-20-35-36-27-33(19-22-37(36)47-41(34)35)46-43(53)38-16-11-24-50(38)44(54)42(48(2)3)30-14-9-6-10-15-30/h5-10,12-15,18-19,21-22,26-27,38,42,47H,4,11,16-17,20,23-25,28H2,1-3H3,(H,45,51)(H,46,53)/t38-,42+/m0/s1. The Morgan fingerprint density at radius 1 is 0.870 bits per heavy atom. The molecule has 7 rings (SSSR count). The second-order valence-corrected chi connectivity index (χ2v) is 14.6. The van der Waals surface area contributed by atoms with Gasteiger partial charge in [-0.1, -0.05) is 73.7 Å². The van der Waals surface area contributed by atoms with Crippen molar-refractivity contribution >= 4 is 45.9 Å². The number of nitrogens with one attached hydrogen (secondary N) is 3. The highest BCUT2D eigenvalue weighted by molar-refractivity contribution is 6.01. The maximum atomic E-state index is 13.8. The van der Waals surface area contributed by atoms with E-state index >= 15 is 0 Å². The number of fused-ring (bicyclic) bond motifs is 5. The predicted molar refractivity (Wildman–Crippen MR) is 213 cm³/mol. The van der Waals surface area contributed by atoms with Crippen LogP contribution in [0.4, 0.5) is 11.4 Å². The van der Waals surface area contributed by atoms with Crippen LogP contribution in [0.25, 0.3) is 22.2 Å². The van der Waals surface area contributed by atoms with Gasteiger partial charge < -0.3 is 25.4 Å². The first-order chi connectivity index (χ1) is 26.2. The molecule has 2 aliphatic rings. The zero-order valence-electron chi connectivity index (χ0n) is 31.2. The summed E-state index contributed by atoms with van der Waals surface area (Å²) in [6.07, 6.45) is 4.02. The van der Waals surface area contributed by atoms with Gasteiger partial charge in [0, 0.05) is 46.6 Å². The SMILES string of the molecule is CCCN(CC(=O)Nc1ccc2c(c1)CCc1c-2[nH]c2ccc(NC(=O)[C@@H]3CCCN3C(=O)[C@@H](c3ccccc3)N(C)C)cc12)C(=O)Cc1ccccc1. The van der Waals surface area contributed by atoms with Crippen LogP contribution in [-0.4, -0.2) is 83.1 Å². The quantitative estimate of drug-likeness (QED) is 0.134. The second-order valence-electron chi connectivity index (χ2n) is 14.6. The first kappa shape index (κ1) is 36.6. The van der Waals surface area contributed by atoms with Crippen molar-refractivity contribution in [2.45, 2.75) is 57.5 Å². The number of hydrogen-bond acceptors (Lipinski definition) is 5. The molecule has 5 aromatic rings. The number of rotatable bonds is 12. The van der Waals surface area contributed by atoms with E-state index in [2.05, 4.69) is 15.6 Å². The average molecular weight is 725 g/mol. The number of likely N-dealkylation sites (tertiary alicyclic amines) is 1. The van der Waals surface area contributed by atoms with Gasteiger partial charge >= 0.3 is 0 Å². The lowest BCUT2D eigenvalue weighted by Gasteiger charge is -2.31. The van der Waals surface area contributed by atoms with Crippen LogP contribution in [0.3, 0.4) is 0 Å². The van der Waals surface area contributed by atoms with Gasteiger partial charge in [0.1, 0.15) is 12.1 Å². The van der Waals surface area contributed by atoms with E-state index in [1.807, 2.05) is 123 Å². The highest BCUT2D eigenvalue weighted by atomic mass is 16.2. The lowest BCUT2D eigenvalue weighted by Crippen LogP contribution is -2.47.